The van der Waals surface area contributed by atoms with Crippen LogP contribution in [0.2, 0.25) is 0 Å². The molecule has 0 unspecified atom stereocenters. The first-order valence-electron chi connectivity index (χ1n) is 9.06. The van der Waals surface area contributed by atoms with Crippen molar-refractivity contribution in [1.29, 1.82) is 0 Å². The number of benzene rings is 1. The molecule has 3 heterocycles. The Morgan fingerprint density at radius 1 is 1.21 bits per heavy atom. The summed E-state index contributed by atoms with van der Waals surface area (Å²) in [7, 11) is 0. The minimum absolute atomic E-state index is 0.0244. The molecule has 4 rings (SSSR count). The van der Waals surface area contributed by atoms with Crippen molar-refractivity contribution in [2.75, 3.05) is 22.8 Å². The molecule has 1 aromatic carbocycles. The van der Waals surface area contributed by atoms with Crippen molar-refractivity contribution in [2.45, 2.75) is 20.4 Å². The van der Waals surface area contributed by atoms with Crippen LogP contribution >= 0.6 is 11.9 Å². The first kappa shape index (κ1) is 18.4. The van der Waals surface area contributed by atoms with Gasteiger partial charge in [-0.15, -0.1) is 0 Å². The van der Waals surface area contributed by atoms with Crippen LogP contribution in [0.3, 0.4) is 0 Å². The van der Waals surface area contributed by atoms with Crippen LogP contribution in [-0.2, 0) is 6.54 Å². The number of aromatic nitrogens is 3. The smallest absolute Gasteiger partial charge is 0.268 e. The molecule has 1 amide bonds. The molecule has 0 radical (unpaired) electrons. The van der Waals surface area contributed by atoms with E-state index in [2.05, 4.69) is 24.9 Å². The highest BCUT2D eigenvalue weighted by Gasteiger charge is 2.26. The minimum atomic E-state index is -0.0244. The molecule has 7 nitrogen and oxygen atoms in total. The molecule has 8 heteroatoms. The zero-order chi connectivity index (χ0) is 19.7. The van der Waals surface area contributed by atoms with Gasteiger partial charge < -0.3 is 19.9 Å². The van der Waals surface area contributed by atoms with Crippen molar-refractivity contribution >= 4 is 35.2 Å². The molecule has 0 bridgehead atoms. The van der Waals surface area contributed by atoms with Crippen LogP contribution in [0.5, 0.6) is 0 Å². The third-order valence-electron chi connectivity index (χ3n) is 4.85. The predicted octanol–water partition coefficient (Wildman–Crippen LogP) is 3.74. The molecule has 3 N–H and O–H groups in total. The van der Waals surface area contributed by atoms with Gasteiger partial charge in [-0.05, 0) is 43.7 Å². The Hall–Kier alpha value is -3.00. The highest BCUT2D eigenvalue weighted by atomic mass is 32.2. The quantitative estimate of drug-likeness (QED) is 0.572. The lowest BCUT2D eigenvalue weighted by atomic mass is 10.1. The lowest BCUT2D eigenvalue weighted by Gasteiger charge is -2.17. The number of nitrogens with one attached hydrogen (secondary N) is 3. The minimum Gasteiger partial charge on any atom is -0.349 e. The van der Waals surface area contributed by atoms with Crippen molar-refractivity contribution < 1.29 is 4.79 Å². The molecule has 1 aliphatic rings. The van der Waals surface area contributed by atoms with Gasteiger partial charge in [0, 0.05) is 48.2 Å². The summed E-state index contributed by atoms with van der Waals surface area (Å²) in [6, 6.07) is 9.84. The fourth-order valence-corrected chi connectivity index (χ4v) is 4.04. The SMILES string of the molecule is CSNc1cccc(Nc2nccc(-c3c(C)c4n(c3C)CCNC4=O)n2)c1. The molecule has 0 saturated carbocycles. The Bertz CT molecular complexity index is 1050. The van der Waals surface area contributed by atoms with Crippen LogP contribution < -0.4 is 15.4 Å². The van der Waals surface area contributed by atoms with Crippen molar-refractivity contribution in [3.63, 3.8) is 0 Å². The van der Waals surface area contributed by atoms with E-state index in [4.69, 9.17) is 4.98 Å². The van der Waals surface area contributed by atoms with Gasteiger partial charge in [0.15, 0.2) is 0 Å². The summed E-state index contributed by atoms with van der Waals surface area (Å²) in [5, 5.41) is 6.18. The van der Waals surface area contributed by atoms with E-state index in [0.717, 1.165) is 46.1 Å². The number of fused-ring (bicyclic) bond motifs is 1. The number of rotatable bonds is 5. The van der Waals surface area contributed by atoms with Gasteiger partial charge in [-0.3, -0.25) is 4.79 Å². The van der Waals surface area contributed by atoms with Crippen LogP contribution in [0, 0.1) is 13.8 Å². The van der Waals surface area contributed by atoms with Crippen molar-refractivity contribution in [1.82, 2.24) is 19.9 Å². The van der Waals surface area contributed by atoms with Crippen molar-refractivity contribution in [3.05, 3.63) is 53.5 Å². The Balaban J connectivity index is 1.69. The summed E-state index contributed by atoms with van der Waals surface area (Å²) in [5.41, 5.74) is 6.44. The second-order valence-corrected chi connectivity index (χ2v) is 7.23. The Morgan fingerprint density at radius 2 is 2.04 bits per heavy atom. The lowest BCUT2D eigenvalue weighted by Crippen LogP contribution is -2.35. The first-order valence-corrected chi connectivity index (χ1v) is 10.3. The lowest BCUT2D eigenvalue weighted by molar-refractivity contribution is 0.0926. The number of anilines is 3. The van der Waals surface area contributed by atoms with E-state index >= 15 is 0 Å². The summed E-state index contributed by atoms with van der Waals surface area (Å²) >= 11 is 1.54. The summed E-state index contributed by atoms with van der Waals surface area (Å²) in [6.45, 7) is 5.44. The monoisotopic (exact) mass is 394 g/mol. The van der Waals surface area contributed by atoms with Crippen LogP contribution in [0.4, 0.5) is 17.3 Å². The molecule has 0 aliphatic carbocycles. The first-order chi connectivity index (χ1) is 13.6. The van der Waals surface area contributed by atoms with Crippen molar-refractivity contribution in [2.24, 2.45) is 0 Å². The van der Waals surface area contributed by atoms with Crippen LogP contribution in [0.15, 0.2) is 36.5 Å². The molecule has 0 spiro atoms. The number of amides is 1. The largest absolute Gasteiger partial charge is 0.349 e. The second-order valence-electron chi connectivity index (χ2n) is 6.62. The summed E-state index contributed by atoms with van der Waals surface area (Å²) < 4.78 is 5.29. The molecule has 3 aromatic rings. The molecular formula is C20H22N6OS. The van der Waals surface area contributed by atoms with Gasteiger partial charge in [0.1, 0.15) is 5.69 Å². The van der Waals surface area contributed by atoms with Crippen LogP contribution in [0.25, 0.3) is 11.3 Å². The van der Waals surface area contributed by atoms with Gasteiger partial charge in [-0.1, -0.05) is 18.0 Å². The molecule has 0 saturated heterocycles. The highest BCUT2D eigenvalue weighted by molar-refractivity contribution is 7.99. The standard InChI is InChI=1S/C20H22N6OS/c1-12-17(13(2)26-10-9-21-19(27)18(12)26)16-7-8-22-20(24-16)23-14-5-4-6-15(11-14)25-28-3/h4-8,11,25H,9-10H2,1-3H3,(H,21,27)(H,22,23,24). The van der Waals surface area contributed by atoms with E-state index in [1.54, 1.807) is 18.1 Å². The molecular weight excluding hydrogens is 372 g/mol. The number of hydrogen-bond acceptors (Lipinski definition) is 6. The Labute approximate surface area is 168 Å². The Kier molecular flexibility index (Phi) is 4.95. The topological polar surface area (TPSA) is 83.9 Å². The van der Waals surface area contributed by atoms with Crippen LogP contribution in [0.1, 0.15) is 21.7 Å². The molecule has 0 atom stereocenters. The second kappa shape index (κ2) is 7.55. The van der Waals surface area contributed by atoms with E-state index in [1.165, 1.54) is 0 Å². The van der Waals surface area contributed by atoms with Gasteiger partial charge in [0.2, 0.25) is 5.95 Å². The molecule has 2 aromatic heterocycles. The van der Waals surface area contributed by atoms with Gasteiger partial charge in [-0.25, -0.2) is 9.97 Å². The normalized spacial score (nSPS) is 13.0. The zero-order valence-corrected chi connectivity index (χ0v) is 16.9. The van der Waals surface area contributed by atoms with E-state index < -0.39 is 0 Å². The Morgan fingerprint density at radius 3 is 2.82 bits per heavy atom. The fraction of sp³-hybridized carbons (Fsp3) is 0.250. The number of carbonyl (C=O) groups is 1. The average molecular weight is 395 g/mol. The van der Waals surface area contributed by atoms with Gasteiger partial charge >= 0.3 is 0 Å². The molecule has 0 fully saturated rings. The van der Waals surface area contributed by atoms with Crippen molar-refractivity contribution in [3.8, 4) is 11.3 Å². The highest BCUT2D eigenvalue weighted by Crippen LogP contribution is 2.32. The van der Waals surface area contributed by atoms with E-state index in [9.17, 15) is 4.79 Å². The fourth-order valence-electron chi connectivity index (χ4n) is 3.68. The zero-order valence-electron chi connectivity index (χ0n) is 16.0. The van der Waals surface area contributed by atoms with Gasteiger partial charge in [0.25, 0.3) is 5.91 Å². The maximum absolute atomic E-state index is 12.3. The maximum atomic E-state index is 12.3. The predicted molar refractivity (Wildman–Crippen MR) is 114 cm³/mol. The molecule has 28 heavy (non-hydrogen) atoms. The van der Waals surface area contributed by atoms with E-state index in [1.807, 2.05) is 50.4 Å². The summed E-state index contributed by atoms with van der Waals surface area (Å²) in [4.78, 5) is 21.4. The third kappa shape index (κ3) is 3.31. The maximum Gasteiger partial charge on any atom is 0.268 e. The number of carbonyl (C=O) groups excluding carboxylic acids is 1. The molecule has 1 aliphatic heterocycles. The number of nitrogens with zero attached hydrogens (tertiary/aromatic N) is 3. The average Bonchev–Trinajstić information content (AvgIpc) is 2.94. The third-order valence-corrected chi connectivity index (χ3v) is 5.29. The summed E-state index contributed by atoms with van der Waals surface area (Å²) in [6.07, 6.45) is 3.72. The van der Waals surface area contributed by atoms with Gasteiger partial charge in [-0.2, -0.15) is 0 Å². The van der Waals surface area contributed by atoms with Gasteiger partial charge in [0.05, 0.1) is 5.69 Å². The summed E-state index contributed by atoms with van der Waals surface area (Å²) in [5.74, 6) is 0.495. The molecule has 144 valence electrons. The number of hydrogen-bond donors (Lipinski definition) is 3. The van der Waals surface area contributed by atoms with E-state index in [0.29, 0.717) is 12.5 Å². The van der Waals surface area contributed by atoms with E-state index in [-0.39, 0.29) is 5.91 Å². The van der Waals surface area contributed by atoms with Crippen LogP contribution in [-0.4, -0.2) is 33.2 Å².